The summed E-state index contributed by atoms with van der Waals surface area (Å²) in [7, 11) is 0. The molecule has 0 amide bonds. The van der Waals surface area contributed by atoms with E-state index in [4.69, 9.17) is 9.84 Å². The van der Waals surface area contributed by atoms with Crippen LogP contribution < -0.4 is 0 Å². The molecule has 0 radical (unpaired) electrons. The summed E-state index contributed by atoms with van der Waals surface area (Å²) in [6.07, 6.45) is 1.69. The molecule has 0 aromatic heterocycles. The van der Waals surface area contributed by atoms with Crippen molar-refractivity contribution in [1.82, 2.24) is 0 Å². The first-order chi connectivity index (χ1) is 5.07. The van der Waals surface area contributed by atoms with Crippen LogP contribution in [0.4, 0.5) is 0 Å². The second-order valence-corrected chi connectivity index (χ2v) is 2.12. The molecular formula is C8H12O3. The Balaban J connectivity index is 3.92. The van der Waals surface area contributed by atoms with Crippen molar-refractivity contribution in [3.05, 3.63) is 24.0 Å². The number of carbonyl (C=O) groups is 1. The van der Waals surface area contributed by atoms with Crippen LogP contribution in [0.2, 0.25) is 0 Å². The molecule has 0 spiro atoms. The average Bonchev–Trinajstić information content (AvgIpc) is 1.87. The lowest BCUT2D eigenvalue weighted by atomic mass is 10.3. The predicted molar refractivity (Wildman–Crippen MR) is 42.2 cm³/mol. The van der Waals surface area contributed by atoms with Crippen LogP contribution in [-0.4, -0.2) is 17.7 Å². The van der Waals surface area contributed by atoms with Crippen molar-refractivity contribution in [2.75, 3.05) is 6.61 Å². The highest BCUT2D eigenvalue weighted by Gasteiger charge is 2.00. The number of hydrogen-bond donors (Lipinski definition) is 1. The van der Waals surface area contributed by atoms with Crippen LogP contribution in [0.1, 0.15) is 13.8 Å². The van der Waals surface area contributed by atoms with E-state index in [1.54, 1.807) is 19.9 Å². The summed E-state index contributed by atoms with van der Waals surface area (Å²) in [5, 5.41) is 8.26. The minimum atomic E-state index is -0.981. The average molecular weight is 156 g/mol. The van der Waals surface area contributed by atoms with Gasteiger partial charge in [0.15, 0.2) is 6.61 Å². The van der Waals surface area contributed by atoms with Gasteiger partial charge in [-0.2, -0.15) is 0 Å². The highest BCUT2D eigenvalue weighted by molar-refractivity contribution is 5.68. The molecule has 0 fully saturated rings. The maximum absolute atomic E-state index is 10.1. The maximum atomic E-state index is 10.1. The van der Waals surface area contributed by atoms with Gasteiger partial charge in [-0.1, -0.05) is 6.58 Å². The lowest BCUT2D eigenvalue weighted by Gasteiger charge is -2.05. The summed E-state index contributed by atoms with van der Waals surface area (Å²) in [4.78, 5) is 10.1. The van der Waals surface area contributed by atoms with E-state index in [-0.39, 0.29) is 6.61 Å². The Morgan fingerprint density at radius 3 is 2.55 bits per heavy atom. The largest absolute Gasteiger partial charge is 0.482 e. The van der Waals surface area contributed by atoms with Gasteiger partial charge in [-0.25, -0.2) is 4.79 Å². The van der Waals surface area contributed by atoms with Gasteiger partial charge >= 0.3 is 5.97 Å². The molecule has 0 heterocycles. The third-order valence-corrected chi connectivity index (χ3v) is 1.03. The summed E-state index contributed by atoms with van der Waals surface area (Å²) in [6.45, 7) is 6.84. The lowest BCUT2D eigenvalue weighted by molar-refractivity contribution is -0.140. The van der Waals surface area contributed by atoms with E-state index in [0.29, 0.717) is 5.76 Å². The van der Waals surface area contributed by atoms with Crippen molar-refractivity contribution in [3.63, 3.8) is 0 Å². The minimum absolute atomic E-state index is 0.313. The second kappa shape index (κ2) is 4.55. The standard InChI is InChI=1S/C8H12O3/c1-4-7(6(2)3)11-5-8(9)10/h4H,2,5H2,1,3H3,(H,9,10)/b7-4-. The fourth-order valence-electron chi connectivity index (χ4n) is 0.592. The van der Waals surface area contributed by atoms with Crippen LogP contribution in [-0.2, 0) is 9.53 Å². The van der Waals surface area contributed by atoms with Gasteiger partial charge in [-0.15, -0.1) is 0 Å². The highest BCUT2D eigenvalue weighted by atomic mass is 16.5. The summed E-state index contributed by atoms with van der Waals surface area (Å²) in [5.74, 6) is -0.446. The molecule has 62 valence electrons. The Labute approximate surface area is 66.0 Å². The second-order valence-electron chi connectivity index (χ2n) is 2.12. The Morgan fingerprint density at radius 1 is 1.73 bits per heavy atom. The molecule has 0 aromatic carbocycles. The topological polar surface area (TPSA) is 46.5 Å². The number of ether oxygens (including phenoxy) is 1. The lowest BCUT2D eigenvalue weighted by Crippen LogP contribution is -2.06. The third kappa shape index (κ3) is 4.19. The molecule has 0 saturated heterocycles. The molecule has 0 bridgehead atoms. The van der Waals surface area contributed by atoms with Crippen LogP contribution >= 0.6 is 0 Å². The number of carboxylic acid groups (broad SMARTS) is 1. The fourth-order valence-corrected chi connectivity index (χ4v) is 0.592. The van der Waals surface area contributed by atoms with E-state index in [0.717, 1.165) is 5.57 Å². The van der Waals surface area contributed by atoms with Crippen molar-refractivity contribution in [2.45, 2.75) is 13.8 Å². The number of aliphatic carboxylic acids is 1. The van der Waals surface area contributed by atoms with Gasteiger partial charge in [-0.05, 0) is 25.5 Å². The molecule has 0 rings (SSSR count). The first kappa shape index (κ1) is 9.75. The monoisotopic (exact) mass is 156 g/mol. The van der Waals surface area contributed by atoms with Crippen molar-refractivity contribution in [3.8, 4) is 0 Å². The quantitative estimate of drug-likeness (QED) is 0.496. The molecule has 0 aliphatic carbocycles. The maximum Gasteiger partial charge on any atom is 0.341 e. The van der Waals surface area contributed by atoms with Crippen molar-refractivity contribution < 1.29 is 14.6 Å². The van der Waals surface area contributed by atoms with Gasteiger partial charge < -0.3 is 9.84 Å². The van der Waals surface area contributed by atoms with Crippen molar-refractivity contribution in [2.24, 2.45) is 0 Å². The van der Waals surface area contributed by atoms with Crippen LogP contribution in [0, 0.1) is 0 Å². The molecule has 0 aromatic rings. The first-order valence-electron chi connectivity index (χ1n) is 3.24. The molecule has 1 N–H and O–H groups in total. The number of carboxylic acids is 1. The van der Waals surface area contributed by atoms with E-state index >= 15 is 0 Å². The molecule has 0 unspecified atom stereocenters. The molecule has 3 nitrogen and oxygen atoms in total. The van der Waals surface area contributed by atoms with Crippen LogP contribution in [0.3, 0.4) is 0 Å². The number of hydrogen-bond acceptors (Lipinski definition) is 2. The van der Waals surface area contributed by atoms with Crippen LogP contribution in [0.15, 0.2) is 24.0 Å². The smallest absolute Gasteiger partial charge is 0.341 e. The van der Waals surface area contributed by atoms with Crippen molar-refractivity contribution in [1.29, 1.82) is 0 Å². The zero-order chi connectivity index (χ0) is 8.85. The van der Waals surface area contributed by atoms with Gasteiger partial charge in [0.2, 0.25) is 0 Å². The zero-order valence-corrected chi connectivity index (χ0v) is 6.76. The van der Waals surface area contributed by atoms with E-state index in [1.807, 2.05) is 0 Å². The predicted octanol–water partition coefficient (Wildman–Crippen LogP) is 1.57. The van der Waals surface area contributed by atoms with Crippen LogP contribution in [0.5, 0.6) is 0 Å². The Kier molecular flexibility index (Phi) is 4.03. The highest BCUT2D eigenvalue weighted by Crippen LogP contribution is 2.07. The summed E-state index contributed by atoms with van der Waals surface area (Å²) in [6, 6.07) is 0. The van der Waals surface area contributed by atoms with Crippen LogP contribution in [0.25, 0.3) is 0 Å². The Morgan fingerprint density at radius 2 is 2.27 bits per heavy atom. The van der Waals surface area contributed by atoms with E-state index < -0.39 is 5.97 Å². The van der Waals surface area contributed by atoms with Crippen molar-refractivity contribution >= 4 is 5.97 Å². The van der Waals surface area contributed by atoms with Gasteiger partial charge in [0.25, 0.3) is 0 Å². The molecule has 0 saturated carbocycles. The van der Waals surface area contributed by atoms with Gasteiger partial charge in [0, 0.05) is 0 Å². The van der Waals surface area contributed by atoms with Gasteiger partial charge in [0.1, 0.15) is 5.76 Å². The Bertz CT molecular complexity index is 192. The first-order valence-corrected chi connectivity index (χ1v) is 3.24. The molecule has 3 heteroatoms. The summed E-state index contributed by atoms with van der Waals surface area (Å²) >= 11 is 0. The third-order valence-electron chi connectivity index (χ3n) is 1.03. The zero-order valence-electron chi connectivity index (χ0n) is 6.76. The van der Waals surface area contributed by atoms with E-state index in [1.165, 1.54) is 0 Å². The molecule has 0 atom stereocenters. The summed E-state index contributed by atoms with van der Waals surface area (Å²) in [5.41, 5.74) is 0.730. The van der Waals surface area contributed by atoms with E-state index in [2.05, 4.69) is 6.58 Å². The molecule has 11 heavy (non-hydrogen) atoms. The van der Waals surface area contributed by atoms with Gasteiger partial charge in [-0.3, -0.25) is 0 Å². The number of rotatable bonds is 4. The number of allylic oxidation sites excluding steroid dienone is 2. The molecule has 0 aliphatic heterocycles. The summed E-state index contributed by atoms with van der Waals surface area (Å²) < 4.78 is 4.88. The Hall–Kier alpha value is -1.25. The molecular weight excluding hydrogens is 144 g/mol. The normalized spacial score (nSPS) is 10.9. The fraction of sp³-hybridized carbons (Fsp3) is 0.375. The minimum Gasteiger partial charge on any atom is -0.482 e. The van der Waals surface area contributed by atoms with Gasteiger partial charge in [0.05, 0.1) is 0 Å². The SMILES string of the molecule is C=C(C)/C(=C/C)OCC(=O)O. The molecule has 0 aliphatic rings. The van der Waals surface area contributed by atoms with E-state index in [9.17, 15) is 4.79 Å².